The summed E-state index contributed by atoms with van der Waals surface area (Å²) in [6.45, 7) is 2.00. The van der Waals surface area contributed by atoms with Gasteiger partial charge in [-0.1, -0.05) is 18.2 Å². The number of hydrogen-bond donors (Lipinski definition) is 0. The zero-order valence-corrected chi connectivity index (χ0v) is 14.0. The highest BCUT2D eigenvalue weighted by Crippen LogP contribution is 2.47. The van der Waals surface area contributed by atoms with E-state index in [0.717, 1.165) is 22.7 Å². The number of benzene rings is 3. The van der Waals surface area contributed by atoms with Gasteiger partial charge in [-0.25, -0.2) is 0 Å². The van der Waals surface area contributed by atoms with Crippen LogP contribution in [0.4, 0.5) is 11.4 Å². The van der Waals surface area contributed by atoms with Crippen molar-refractivity contribution in [2.24, 2.45) is 0 Å². The second kappa shape index (κ2) is 5.98. The Hall–Kier alpha value is -3.27. The van der Waals surface area contributed by atoms with Crippen LogP contribution < -0.4 is 14.4 Å². The van der Waals surface area contributed by atoms with Crippen molar-refractivity contribution in [3.05, 3.63) is 77.9 Å². The number of rotatable bonds is 2. The maximum atomic E-state index is 13.2. The lowest BCUT2D eigenvalue weighted by atomic mass is 10.1. The molecule has 0 aliphatic carbocycles. The van der Waals surface area contributed by atoms with Gasteiger partial charge in [-0.2, -0.15) is 0 Å². The van der Waals surface area contributed by atoms with Crippen molar-refractivity contribution in [1.29, 1.82) is 0 Å². The molecule has 0 saturated heterocycles. The highest BCUT2D eigenvalue weighted by atomic mass is 16.5. The number of nitrogens with zero attached hydrogens (tertiary/aromatic N) is 1. The highest BCUT2D eigenvalue weighted by molar-refractivity contribution is 6.13. The van der Waals surface area contributed by atoms with E-state index in [1.165, 1.54) is 0 Å². The second-order valence-corrected chi connectivity index (χ2v) is 5.91. The number of para-hydroxylation sites is 2. The third-order valence-corrected chi connectivity index (χ3v) is 4.22. The first-order chi connectivity index (χ1) is 12.2. The lowest BCUT2D eigenvalue weighted by Gasteiger charge is -2.31. The minimum Gasteiger partial charge on any atom is -0.497 e. The van der Waals surface area contributed by atoms with Gasteiger partial charge >= 0.3 is 0 Å². The first kappa shape index (κ1) is 15.3. The first-order valence-electron chi connectivity index (χ1n) is 8.03. The lowest BCUT2D eigenvalue weighted by Crippen LogP contribution is -2.28. The fourth-order valence-electron chi connectivity index (χ4n) is 2.95. The molecule has 0 saturated carbocycles. The van der Waals surface area contributed by atoms with E-state index >= 15 is 0 Å². The largest absolute Gasteiger partial charge is 0.497 e. The van der Waals surface area contributed by atoms with Gasteiger partial charge in [0.05, 0.1) is 18.5 Å². The zero-order valence-electron chi connectivity index (χ0n) is 14.0. The molecule has 1 aliphatic rings. The van der Waals surface area contributed by atoms with E-state index in [9.17, 15) is 4.79 Å². The second-order valence-electron chi connectivity index (χ2n) is 5.91. The number of hydrogen-bond acceptors (Lipinski definition) is 3. The van der Waals surface area contributed by atoms with Gasteiger partial charge in [0.2, 0.25) is 0 Å². The van der Waals surface area contributed by atoms with Gasteiger partial charge in [-0.05, 0) is 61.0 Å². The number of methoxy groups -OCH3 is 1. The smallest absolute Gasteiger partial charge is 0.263 e. The fourth-order valence-corrected chi connectivity index (χ4v) is 2.95. The molecule has 0 spiro atoms. The molecular formula is C21H17NO3. The maximum absolute atomic E-state index is 13.2. The van der Waals surface area contributed by atoms with Crippen molar-refractivity contribution in [1.82, 2.24) is 0 Å². The summed E-state index contributed by atoms with van der Waals surface area (Å²) >= 11 is 0. The number of amides is 1. The molecule has 1 amide bonds. The number of carbonyl (C=O) groups excluding carboxylic acids is 1. The average Bonchev–Trinajstić information content (AvgIpc) is 2.65. The zero-order chi connectivity index (χ0) is 17.4. The van der Waals surface area contributed by atoms with Gasteiger partial charge in [0.15, 0.2) is 11.5 Å². The van der Waals surface area contributed by atoms with Crippen LogP contribution in [0, 0.1) is 6.92 Å². The quantitative estimate of drug-likeness (QED) is 0.657. The fraction of sp³-hybridized carbons (Fsp3) is 0.0952. The van der Waals surface area contributed by atoms with Crippen molar-refractivity contribution in [3.63, 3.8) is 0 Å². The molecule has 0 unspecified atom stereocenters. The molecule has 4 rings (SSSR count). The van der Waals surface area contributed by atoms with Crippen LogP contribution in [0.1, 0.15) is 15.9 Å². The average molecular weight is 331 g/mol. The van der Waals surface area contributed by atoms with E-state index in [1.54, 1.807) is 36.3 Å². The van der Waals surface area contributed by atoms with Crippen molar-refractivity contribution in [3.8, 4) is 17.2 Å². The molecule has 3 aromatic carbocycles. The molecule has 0 aromatic heterocycles. The van der Waals surface area contributed by atoms with Gasteiger partial charge in [0.25, 0.3) is 5.91 Å². The Kier molecular flexibility index (Phi) is 3.65. The first-order valence-corrected chi connectivity index (χ1v) is 8.03. The minimum absolute atomic E-state index is 0.108. The van der Waals surface area contributed by atoms with Crippen LogP contribution in [0.3, 0.4) is 0 Å². The van der Waals surface area contributed by atoms with Gasteiger partial charge < -0.3 is 9.47 Å². The van der Waals surface area contributed by atoms with E-state index in [2.05, 4.69) is 0 Å². The van der Waals surface area contributed by atoms with Crippen LogP contribution in [0.2, 0.25) is 0 Å². The normalized spacial score (nSPS) is 12.0. The molecule has 4 nitrogen and oxygen atoms in total. The van der Waals surface area contributed by atoms with Crippen LogP contribution in [-0.4, -0.2) is 13.0 Å². The maximum Gasteiger partial charge on any atom is 0.263 e. The summed E-state index contributed by atoms with van der Waals surface area (Å²) in [5.41, 5.74) is 3.14. The van der Waals surface area contributed by atoms with Crippen LogP contribution in [0.25, 0.3) is 0 Å². The predicted molar refractivity (Wildman–Crippen MR) is 97.2 cm³/mol. The van der Waals surface area contributed by atoms with Crippen molar-refractivity contribution in [2.75, 3.05) is 12.0 Å². The van der Waals surface area contributed by atoms with Crippen LogP contribution in [0.5, 0.6) is 17.2 Å². The number of fused-ring (bicyclic) bond motifs is 2. The standard InChI is InChI=1S/C21H17NO3/c1-14-7-12-18-20(13-14)25-19-6-4-3-5-17(19)22(18)21(23)15-8-10-16(24-2)11-9-15/h3-13H,1-2H3. The molecule has 1 aliphatic heterocycles. The Morgan fingerprint density at radius 3 is 2.40 bits per heavy atom. The minimum atomic E-state index is -0.108. The molecule has 25 heavy (non-hydrogen) atoms. The van der Waals surface area contributed by atoms with Gasteiger partial charge in [-0.15, -0.1) is 0 Å². The highest BCUT2D eigenvalue weighted by Gasteiger charge is 2.29. The number of aryl methyl sites for hydroxylation is 1. The molecule has 0 bridgehead atoms. The number of ether oxygens (including phenoxy) is 2. The summed E-state index contributed by atoms with van der Waals surface area (Å²) in [5, 5.41) is 0. The molecule has 124 valence electrons. The van der Waals surface area contributed by atoms with Crippen LogP contribution in [0.15, 0.2) is 66.7 Å². The van der Waals surface area contributed by atoms with Crippen molar-refractivity contribution >= 4 is 17.3 Å². The SMILES string of the molecule is COc1ccc(C(=O)N2c3ccccc3Oc3cc(C)ccc32)cc1. The Morgan fingerprint density at radius 2 is 1.64 bits per heavy atom. The lowest BCUT2D eigenvalue weighted by molar-refractivity contribution is 0.0997. The molecule has 0 radical (unpaired) electrons. The summed E-state index contributed by atoms with van der Waals surface area (Å²) in [5.74, 6) is 1.96. The summed E-state index contributed by atoms with van der Waals surface area (Å²) in [7, 11) is 1.60. The predicted octanol–water partition coefficient (Wildman–Crippen LogP) is 5.09. The number of anilines is 2. The summed E-state index contributed by atoms with van der Waals surface area (Å²) in [4.78, 5) is 14.9. The third kappa shape index (κ3) is 2.62. The molecule has 4 heteroatoms. The Balaban J connectivity index is 1.84. The summed E-state index contributed by atoms with van der Waals surface area (Å²) in [6, 6.07) is 20.5. The Morgan fingerprint density at radius 1 is 0.920 bits per heavy atom. The van der Waals surface area contributed by atoms with E-state index < -0.39 is 0 Å². The summed E-state index contributed by atoms with van der Waals surface area (Å²) in [6.07, 6.45) is 0. The number of carbonyl (C=O) groups is 1. The third-order valence-electron chi connectivity index (χ3n) is 4.22. The Labute approximate surface area is 146 Å². The molecule has 1 heterocycles. The van der Waals surface area contributed by atoms with Gasteiger partial charge in [0, 0.05) is 5.56 Å². The topological polar surface area (TPSA) is 38.8 Å². The molecule has 0 atom stereocenters. The summed E-state index contributed by atoms with van der Waals surface area (Å²) < 4.78 is 11.2. The molecular weight excluding hydrogens is 314 g/mol. The van der Waals surface area contributed by atoms with E-state index in [-0.39, 0.29) is 5.91 Å². The monoisotopic (exact) mass is 331 g/mol. The van der Waals surface area contributed by atoms with E-state index in [4.69, 9.17) is 9.47 Å². The van der Waals surface area contributed by atoms with E-state index in [0.29, 0.717) is 17.1 Å². The van der Waals surface area contributed by atoms with Crippen LogP contribution >= 0.6 is 0 Å². The molecule has 0 N–H and O–H groups in total. The molecule has 0 fully saturated rings. The van der Waals surface area contributed by atoms with Crippen molar-refractivity contribution < 1.29 is 14.3 Å². The van der Waals surface area contributed by atoms with E-state index in [1.807, 2.05) is 49.4 Å². The molecule has 3 aromatic rings. The van der Waals surface area contributed by atoms with Gasteiger partial charge in [0.1, 0.15) is 5.75 Å². The van der Waals surface area contributed by atoms with Gasteiger partial charge in [-0.3, -0.25) is 9.69 Å². The van der Waals surface area contributed by atoms with Crippen LogP contribution in [-0.2, 0) is 0 Å². The van der Waals surface area contributed by atoms with Crippen molar-refractivity contribution in [2.45, 2.75) is 6.92 Å². The Bertz CT molecular complexity index is 948.